The summed E-state index contributed by atoms with van der Waals surface area (Å²) in [5.41, 5.74) is 12.9. The van der Waals surface area contributed by atoms with Gasteiger partial charge in [0, 0.05) is 47.2 Å². The minimum Gasteiger partial charge on any atom is -0.402 e. The standard InChI is InChI=1S/C25H27N5O2/c1-15(26)24(16(2)31)18-4-6-22-20(12-18)25(29-28-22)23-13-19-11-17(3-5-21(19)27-23)14-30-7-9-32-10-8-30/h3-6,11-13,27H,7-10,14,26H2,1-2H3,(H,28,29)/b24-15+. The van der Waals surface area contributed by atoms with E-state index >= 15 is 0 Å². The zero-order valence-electron chi connectivity index (χ0n) is 18.4. The number of fused-ring (bicyclic) bond motifs is 2. The number of ketones is 1. The van der Waals surface area contributed by atoms with Gasteiger partial charge >= 0.3 is 0 Å². The second-order valence-electron chi connectivity index (χ2n) is 8.44. The average Bonchev–Trinajstić information content (AvgIpc) is 3.37. The Bertz CT molecular complexity index is 1340. The van der Waals surface area contributed by atoms with E-state index in [0.717, 1.165) is 71.6 Å². The van der Waals surface area contributed by atoms with Crippen LogP contribution in [-0.2, 0) is 16.1 Å². The van der Waals surface area contributed by atoms with Crippen LogP contribution in [0.4, 0.5) is 0 Å². The zero-order chi connectivity index (χ0) is 22.2. The molecule has 3 heterocycles. The number of nitrogens with zero attached hydrogens (tertiary/aromatic N) is 2. The Hall–Kier alpha value is -3.42. The molecule has 0 aliphatic carbocycles. The van der Waals surface area contributed by atoms with Crippen LogP contribution in [0.5, 0.6) is 0 Å². The third-order valence-corrected chi connectivity index (χ3v) is 6.05. The number of morpholine rings is 1. The van der Waals surface area contributed by atoms with Gasteiger partial charge in [0.25, 0.3) is 0 Å². The van der Waals surface area contributed by atoms with Gasteiger partial charge in [-0.3, -0.25) is 14.8 Å². The van der Waals surface area contributed by atoms with Crippen LogP contribution < -0.4 is 5.73 Å². The Labute approximate surface area is 186 Å². The molecule has 0 unspecified atom stereocenters. The quantitative estimate of drug-likeness (QED) is 0.419. The number of hydrogen-bond acceptors (Lipinski definition) is 5. The van der Waals surface area contributed by atoms with Gasteiger partial charge in [0.2, 0.25) is 0 Å². The maximum atomic E-state index is 12.1. The minimum absolute atomic E-state index is 0.0483. The van der Waals surface area contributed by atoms with Crippen molar-refractivity contribution in [2.75, 3.05) is 26.3 Å². The number of ether oxygens (including phenoxy) is 1. The van der Waals surface area contributed by atoms with Crippen LogP contribution in [0.25, 0.3) is 38.8 Å². The van der Waals surface area contributed by atoms with Gasteiger partial charge < -0.3 is 15.5 Å². The largest absolute Gasteiger partial charge is 0.402 e. The number of allylic oxidation sites excluding steroid dienone is 2. The van der Waals surface area contributed by atoms with Crippen LogP contribution in [0, 0.1) is 0 Å². The van der Waals surface area contributed by atoms with Crippen LogP contribution in [0.2, 0.25) is 0 Å². The Morgan fingerprint density at radius 1 is 1.09 bits per heavy atom. The van der Waals surface area contributed by atoms with Gasteiger partial charge in [0.1, 0.15) is 5.69 Å². The summed E-state index contributed by atoms with van der Waals surface area (Å²) in [6.45, 7) is 7.76. The van der Waals surface area contributed by atoms with Gasteiger partial charge in [-0.1, -0.05) is 12.1 Å². The van der Waals surface area contributed by atoms with Crippen LogP contribution in [0.1, 0.15) is 25.0 Å². The lowest BCUT2D eigenvalue weighted by Crippen LogP contribution is -2.35. The predicted molar refractivity (Wildman–Crippen MR) is 127 cm³/mol. The maximum Gasteiger partial charge on any atom is 0.162 e. The Morgan fingerprint density at radius 2 is 1.88 bits per heavy atom. The first kappa shape index (κ1) is 20.5. The molecular weight excluding hydrogens is 402 g/mol. The highest BCUT2D eigenvalue weighted by molar-refractivity contribution is 6.21. The highest BCUT2D eigenvalue weighted by atomic mass is 16.5. The van der Waals surface area contributed by atoms with E-state index in [0.29, 0.717) is 11.3 Å². The molecule has 7 nitrogen and oxygen atoms in total. The fraction of sp³-hybridized carbons (Fsp3) is 0.280. The summed E-state index contributed by atoms with van der Waals surface area (Å²) < 4.78 is 5.45. The Balaban J connectivity index is 1.51. The number of carbonyl (C=O) groups excluding carboxylic acids is 1. The van der Waals surface area contributed by atoms with E-state index in [1.54, 1.807) is 13.8 Å². The fourth-order valence-electron chi connectivity index (χ4n) is 4.51. The van der Waals surface area contributed by atoms with Gasteiger partial charge in [-0.25, -0.2) is 0 Å². The van der Waals surface area contributed by atoms with Crippen molar-refractivity contribution in [2.45, 2.75) is 20.4 Å². The average molecular weight is 430 g/mol. The van der Waals surface area contributed by atoms with Crippen molar-refractivity contribution in [1.29, 1.82) is 0 Å². The molecule has 32 heavy (non-hydrogen) atoms. The van der Waals surface area contributed by atoms with Gasteiger partial charge in [-0.2, -0.15) is 5.10 Å². The Kier molecular flexibility index (Phi) is 5.28. The normalized spacial score (nSPS) is 15.9. The lowest BCUT2D eigenvalue weighted by atomic mass is 9.98. The molecule has 1 fully saturated rings. The van der Waals surface area contributed by atoms with Crippen LogP contribution in [0.3, 0.4) is 0 Å². The summed E-state index contributed by atoms with van der Waals surface area (Å²) in [5, 5.41) is 9.76. The number of aromatic amines is 2. The summed E-state index contributed by atoms with van der Waals surface area (Å²) in [5.74, 6) is -0.0483. The van der Waals surface area contributed by atoms with Crippen molar-refractivity contribution in [3.8, 4) is 11.4 Å². The van der Waals surface area contributed by atoms with E-state index < -0.39 is 0 Å². The van der Waals surface area contributed by atoms with E-state index in [4.69, 9.17) is 10.5 Å². The first-order valence-electron chi connectivity index (χ1n) is 10.9. The van der Waals surface area contributed by atoms with Gasteiger partial charge in [-0.05, 0) is 55.3 Å². The van der Waals surface area contributed by atoms with E-state index in [1.807, 2.05) is 18.2 Å². The SMILES string of the molecule is CC(=O)/C(=C(/C)N)c1ccc2[nH]nc(-c3cc4cc(CN5CCOCC5)ccc4[nH]3)c2c1. The molecule has 0 spiro atoms. The first-order chi connectivity index (χ1) is 15.5. The molecule has 0 amide bonds. The van der Waals surface area contributed by atoms with Gasteiger partial charge in [0.15, 0.2) is 5.78 Å². The van der Waals surface area contributed by atoms with Gasteiger partial charge in [-0.15, -0.1) is 0 Å². The topological polar surface area (TPSA) is 100 Å². The smallest absolute Gasteiger partial charge is 0.162 e. The molecule has 1 saturated heterocycles. The van der Waals surface area contributed by atoms with E-state index in [-0.39, 0.29) is 5.78 Å². The Morgan fingerprint density at radius 3 is 2.62 bits per heavy atom. The van der Waals surface area contributed by atoms with Crippen molar-refractivity contribution in [3.05, 3.63) is 59.3 Å². The summed E-state index contributed by atoms with van der Waals surface area (Å²) in [6.07, 6.45) is 0. The molecule has 0 bridgehead atoms. The molecule has 5 rings (SSSR count). The molecule has 0 radical (unpaired) electrons. The number of nitrogens with one attached hydrogen (secondary N) is 2. The van der Waals surface area contributed by atoms with Gasteiger partial charge in [0.05, 0.1) is 24.4 Å². The third kappa shape index (κ3) is 3.81. The van der Waals surface area contributed by atoms with E-state index in [1.165, 1.54) is 5.56 Å². The molecule has 0 atom stereocenters. The zero-order valence-corrected chi connectivity index (χ0v) is 18.4. The summed E-state index contributed by atoms with van der Waals surface area (Å²) in [4.78, 5) is 18.0. The maximum absolute atomic E-state index is 12.1. The number of benzene rings is 2. The molecule has 4 N–H and O–H groups in total. The lowest BCUT2D eigenvalue weighted by Gasteiger charge is -2.26. The number of nitrogens with two attached hydrogens (primary N) is 1. The molecule has 7 heteroatoms. The second-order valence-corrected chi connectivity index (χ2v) is 8.44. The first-order valence-corrected chi connectivity index (χ1v) is 10.9. The molecule has 0 saturated carbocycles. The number of aromatic nitrogens is 3. The van der Waals surface area contributed by atoms with Crippen molar-refractivity contribution in [2.24, 2.45) is 5.73 Å². The van der Waals surface area contributed by atoms with E-state index in [2.05, 4.69) is 44.3 Å². The van der Waals surface area contributed by atoms with Crippen LogP contribution in [-0.4, -0.2) is 52.2 Å². The fourth-order valence-corrected chi connectivity index (χ4v) is 4.51. The highest BCUT2D eigenvalue weighted by Crippen LogP contribution is 2.31. The summed E-state index contributed by atoms with van der Waals surface area (Å²) >= 11 is 0. The van der Waals surface area contributed by atoms with Crippen molar-refractivity contribution in [1.82, 2.24) is 20.1 Å². The molecule has 4 aromatic rings. The van der Waals surface area contributed by atoms with Crippen molar-refractivity contribution in [3.63, 3.8) is 0 Å². The summed E-state index contributed by atoms with van der Waals surface area (Å²) in [7, 11) is 0. The van der Waals surface area contributed by atoms with Crippen LogP contribution in [0.15, 0.2) is 48.2 Å². The monoisotopic (exact) mass is 429 g/mol. The number of H-pyrrole nitrogens is 2. The second kappa shape index (κ2) is 8.26. The molecule has 2 aromatic heterocycles. The number of Topliss-reactive ketones (excluding diaryl/α,β-unsaturated/α-hetero) is 1. The predicted octanol–water partition coefficient (Wildman–Crippen LogP) is 3.82. The molecule has 1 aliphatic rings. The molecule has 2 aromatic carbocycles. The van der Waals surface area contributed by atoms with E-state index in [9.17, 15) is 4.79 Å². The third-order valence-electron chi connectivity index (χ3n) is 6.05. The highest BCUT2D eigenvalue weighted by Gasteiger charge is 2.16. The van der Waals surface area contributed by atoms with Crippen LogP contribution >= 0.6 is 0 Å². The number of rotatable bonds is 5. The summed E-state index contributed by atoms with van der Waals surface area (Å²) in [6, 6.07) is 14.5. The molecular formula is C25H27N5O2. The number of carbonyl (C=O) groups is 1. The molecule has 164 valence electrons. The lowest BCUT2D eigenvalue weighted by molar-refractivity contribution is -0.111. The number of hydrogen-bond donors (Lipinski definition) is 3. The minimum atomic E-state index is -0.0483. The van der Waals surface area contributed by atoms with Crippen molar-refractivity contribution >= 4 is 33.2 Å². The molecule has 1 aliphatic heterocycles. The van der Waals surface area contributed by atoms with Crippen molar-refractivity contribution < 1.29 is 9.53 Å².